The lowest BCUT2D eigenvalue weighted by Gasteiger charge is -2.16. The van der Waals surface area contributed by atoms with Crippen LogP contribution in [0.4, 0.5) is 5.69 Å². The van der Waals surface area contributed by atoms with Crippen molar-refractivity contribution in [3.63, 3.8) is 0 Å². The zero-order valence-corrected chi connectivity index (χ0v) is 13.2. The highest BCUT2D eigenvalue weighted by molar-refractivity contribution is 7.11. The molecule has 108 valence electrons. The number of hydrogen-bond acceptors (Lipinski definition) is 4. The summed E-state index contributed by atoms with van der Waals surface area (Å²) in [6, 6.07) is 11.7. The first kappa shape index (κ1) is 13.9. The minimum absolute atomic E-state index is 0.184. The molecule has 0 spiro atoms. The van der Waals surface area contributed by atoms with E-state index in [1.165, 1.54) is 4.88 Å². The molecular formula is C17H18N2OS. The Morgan fingerprint density at radius 2 is 1.81 bits per heavy atom. The van der Waals surface area contributed by atoms with E-state index in [1.54, 1.807) is 17.4 Å². The van der Waals surface area contributed by atoms with Gasteiger partial charge in [-0.2, -0.15) is 0 Å². The predicted octanol–water partition coefficient (Wildman–Crippen LogP) is 4.79. The second kappa shape index (κ2) is 5.37. The number of hydrogen-bond donors (Lipinski definition) is 2. The van der Waals surface area contributed by atoms with E-state index < -0.39 is 0 Å². The first-order chi connectivity index (χ1) is 10.1. The molecule has 2 aromatic carbocycles. The van der Waals surface area contributed by atoms with Crippen LogP contribution in [0, 0.1) is 13.8 Å². The van der Waals surface area contributed by atoms with Gasteiger partial charge in [0.25, 0.3) is 0 Å². The average Bonchev–Trinajstić information content (AvgIpc) is 2.79. The number of nitrogens with one attached hydrogen (secondary N) is 1. The highest BCUT2D eigenvalue weighted by Gasteiger charge is 2.14. The van der Waals surface area contributed by atoms with Crippen molar-refractivity contribution >= 4 is 27.8 Å². The van der Waals surface area contributed by atoms with Crippen LogP contribution in [-0.2, 0) is 0 Å². The quantitative estimate of drug-likeness (QED) is 0.730. The van der Waals surface area contributed by atoms with Crippen LogP contribution in [0.2, 0.25) is 0 Å². The molecule has 1 unspecified atom stereocenters. The van der Waals surface area contributed by atoms with Crippen LogP contribution in [0.15, 0.2) is 36.4 Å². The van der Waals surface area contributed by atoms with Crippen molar-refractivity contribution in [1.29, 1.82) is 0 Å². The summed E-state index contributed by atoms with van der Waals surface area (Å²) in [7, 11) is 0. The van der Waals surface area contributed by atoms with Gasteiger partial charge in [-0.3, -0.25) is 0 Å². The Labute approximate surface area is 128 Å². The minimum Gasteiger partial charge on any atom is -0.507 e. The molecule has 3 rings (SSSR count). The molecule has 1 heterocycles. The van der Waals surface area contributed by atoms with Gasteiger partial charge in [-0.1, -0.05) is 24.3 Å². The van der Waals surface area contributed by atoms with Gasteiger partial charge in [0.2, 0.25) is 0 Å². The molecule has 2 N–H and O–H groups in total. The van der Waals surface area contributed by atoms with E-state index in [1.807, 2.05) is 44.2 Å². The van der Waals surface area contributed by atoms with Crippen LogP contribution in [0.5, 0.6) is 5.75 Å². The predicted molar refractivity (Wildman–Crippen MR) is 89.2 cm³/mol. The molecule has 0 saturated heterocycles. The summed E-state index contributed by atoms with van der Waals surface area (Å²) in [6.07, 6.45) is 0. The van der Waals surface area contributed by atoms with Gasteiger partial charge in [-0.15, -0.1) is 11.3 Å². The maximum absolute atomic E-state index is 9.96. The highest BCUT2D eigenvalue weighted by Crippen LogP contribution is 2.33. The Kier molecular flexibility index (Phi) is 3.55. The monoisotopic (exact) mass is 298 g/mol. The fourth-order valence-corrected chi connectivity index (χ4v) is 3.60. The summed E-state index contributed by atoms with van der Waals surface area (Å²) in [4.78, 5) is 5.74. The van der Waals surface area contributed by atoms with E-state index in [0.717, 1.165) is 27.2 Å². The van der Waals surface area contributed by atoms with E-state index in [9.17, 15) is 5.11 Å². The van der Waals surface area contributed by atoms with Gasteiger partial charge in [0.1, 0.15) is 5.75 Å². The number of aromatic nitrogens is 1. The standard InChI is InChI=1S/C17H18N2OS/c1-10-17(21-12(3)18-10)11(2)19-15-8-4-7-14-13(15)6-5-9-16(14)20/h4-9,11,19-20H,1-3H3. The maximum Gasteiger partial charge on any atom is 0.123 e. The Morgan fingerprint density at radius 3 is 2.52 bits per heavy atom. The van der Waals surface area contributed by atoms with E-state index in [0.29, 0.717) is 5.75 Å². The van der Waals surface area contributed by atoms with Crippen LogP contribution in [0.1, 0.15) is 28.5 Å². The molecule has 0 saturated carbocycles. The summed E-state index contributed by atoms with van der Waals surface area (Å²) < 4.78 is 0. The van der Waals surface area contributed by atoms with E-state index in [4.69, 9.17) is 0 Å². The number of phenols is 1. The fraction of sp³-hybridized carbons (Fsp3) is 0.235. The van der Waals surface area contributed by atoms with Crippen molar-refractivity contribution in [1.82, 2.24) is 4.98 Å². The van der Waals surface area contributed by atoms with E-state index in [2.05, 4.69) is 17.2 Å². The number of phenolic OH excluding ortho intramolecular Hbond substituents is 1. The number of benzene rings is 2. The van der Waals surface area contributed by atoms with Gasteiger partial charge in [0.15, 0.2) is 0 Å². The normalized spacial score (nSPS) is 12.5. The lowest BCUT2D eigenvalue weighted by molar-refractivity contribution is 0.481. The molecule has 0 aliphatic rings. The third-order valence-electron chi connectivity index (χ3n) is 3.60. The third kappa shape index (κ3) is 2.59. The van der Waals surface area contributed by atoms with Crippen LogP contribution in [0.3, 0.4) is 0 Å². The number of anilines is 1. The lowest BCUT2D eigenvalue weighted by Crippen LogP contribution is -2.06. The highest BCUT2D eigenvalue weighted by atomic mass is 32.1. The second-order valence-corrected chi connectivity index (χ2v) is 6.46. The molecular weight excluding hydrogens is 280 g/mol. The van der Waals surface area contributed by atoms with Crippen molar-refractivity contribution < 1.29 is 5.11 Å². The van der Waals surface area contributed by atoms with Crippen molar-refractivity contribution in [2.24, 2.45) is 0 Å². The molecule has 0 amide bonds. The van der Waals surface area contributed by atoms with Crippen molar-refractivity contribution in [3.8, 4) is 5.75 Å². The maximum atomic E-state index is 9.96. The molecule has 1 atom stereocenters. The van der Waals surface area contributed by atoms with Gasteiger partial charge in [-0.05, 0) is 32.9 Å². The van der Waals surface area contributed by atoms with Gasteiger partial charge >= 0.3 is 0 Å². The number of thiazole rings is 1. The Morgan fingerprint density at radius 1 is 1.10 bits per heavy atom. The molecule has 3 nitrogen and oxygen atoms in total. The molecule has 0 fully saturated rings. The molecule has 1 aromatic heterocycles. The number of aromatic hydroxyl groups is 1. The smallest absolute Gasteiger partial charge is 0.123 e. The van der Waals surface area contributed by atoms with Crippen LogP contribution in [-0.4, -0.2) is 10.1 Å². The van der Waals surface area contributed by atoms with Crippen molar-refractivity contribution in [2.45, 2.75) is 26.8 Å². The summed E-state index contributed by atoms with van der Waals surface area (Å²) in [5.74, 6) is 0.314. The first-order valence-electron chi connectivity index (χ1n) is 6.97. The molecule has 0 bridgehead atoms. The summed E-state index contributed by atoms with van der Waals surface area (Å²) >= 11 is 1.73. The summed E-state index contributed by atoms with van der Waals surface area (Å²) in [5.41, 5.74) is 2.11. The zero-order chi connectivity index (χ0) is 15.0. The second-order valence-electron chi connectivity index (χ2n) is 5.23. The fourth-order valence-electron chi connectivity index (χ4n) is 2.67. The Bertz CT molecular complexity index is 795. The average molecular weight is 298 g/mol. The van der Waals surface area contributed by atoms with Crippen LogP contribution >= 0.6 is 11.3 Å². The molecule has 4 heteroatoms. The van der Waals surface area contributed by atoms with Crippen molar-refractivity contribution in [2.75, 3.05) is 5.32 Å². The van der Waals surface area contributed by atoms with E-state index in [-0.39, 0.29) is 6.04 Å². The Hall–Kier alpha value is -2.07. The summed E-state index contributed by atoms with van der Waals surface area (Å²) in [6.45, 7) is 6.22. The van der Waals surface area contributed by atoms with Crippen LogP contribution in [0.25, 0.3) is 10.8 Å². The third-order valence-corrected chi connectivity index (χ3v) is 4.86. The number of aryl methyl sites for hydroxylation is 2. The molecule has 0 aliphatic carbocycles. The van der Waals surface area contributed by atoms with E-state index >= 15 is 0 Å². The molecule has 0 aliphatic heterocycles. The van der Waals surface area contributed by atoms with Gasteiger partial charge in [-0.25, -0.2) is 4.98 Å². The number of fused-ring (bicyclic) bond motifs is 1. The molecule has 21 heavy (non-hydrogen) atoms. The number of rotatable bonds is 3. The molecule has 0 radical (unpaired) electrons. The van der Waals surface area contributed by atoms with Gasteiger partial charge in [0, 0.05) is 21.3 Å². The number of nitrogens with zero attached hydrogens (tertiary/aromatic N) is 1. The van der Waals surface area contributed by atoms with Crippen molar-refractivity contribution in [3.05, 3.63) is 52.0 Å². The summed E-state index contributed by atoms with van der Waals surface area (Å²) in [5, 5.41) is 16.5. The zero-order valence-electron chi connectivity index (χ0n) is 12.3. The van der Waals surface area contributed by atoms with Gasteiger partial charge in [0.05, 0.1) is 16.7 Å². The largest absolute Gasteiger partial charge is 0.507 e. The minimum atomic E-state index is 0.184. The topological polar surface area (TPSA) is 45.2 Å². The molecule has 3 aromatic rings. The van der Waals surface area contributed by atoms with Gasteiger partial charge < -0.3 is 10.4 Å². The lowest BCUT2D eigenvalue weighted by atomic mass is 10.1. The first-order valence-corrected chi connectivity index (χ1v) is 7.79. The SMILES string of the molecule is Cc1nc(C)c(C(C)Nc2cccc3c(O)cccc23)s1. The Balaban J connectivity index is 1.98. The van der Waals surface area contributed by atoms with Crippen LogP contribution < -0.4 is 5.32 Å².